The van der Waals surface area contributed by atoms with Crippen LogP contribution < -0.4 is 4.74 Å². The van der Waals surface area contributed by atoms with Crippen molar-refractivity contribution < 1.29 is 14.6 Å². The lowest BCUT2D eigenvalue weighted by molar-refractivity contribution is -0.143. The molecule has 1 aliphatic carbocycles. The van der Waals surface area contributed by atoms with Gasteiger partial charge in [-0.15, -0.1) is 0 Å². The predicted octanol–water partition coefficient (Wildman–Crippen LogP) is 2.60. The second-order valence-corrected chi connectivity index (χ2v) is 5.39. The van der Waals surface area contributed by atoms with Crippen LogP contribution in [-0.4, -0.2) is 23.2 Å². The summed E-state index contributed by atoms with van der Waals surface area (Å²) in [5, 5.41) is 9.84. The highest BCUT2D eigenvalue weighted by atomic mass is 16.5. The summed E-state index contributed by atoms with van der Waals surface area (Å²) < 4.78 is 5.12. The highest BCUT2D eigenvalue weighted by molar-refractivity contribution is 5.83. The van der Waals surface area contributed by atoms with Gasteiger partial charge >= 0.3 is 5.97 Å². The number of aryl methyl sites for hydroxylation is 1. The molecule has 1 aromatic heterocycles. The average Bonchev–Trinajstić information content (AvgIpc) is 2.88. The van der Waals surface area contributed by atoms with Gasteiger partial charge in [0, 0.05) is 18.2 Å². The Labute approximate surface area is 123 Å². The Morgan fingerprint density at radius 3 is 2.86 bits per heavy atom. The largest absolute Gasteiger partial charge is 0.481 e. The first-order valence-electron chi connectivity index (χ1n) is 6.97. The minimum Gasteiger partial charge on any atom is -0.481 e. The van der Waals surface area contributed by atoms with Gasteiger partial charge in [0.2, 0.25) is 5.88 Å². The first-order valence-corrected chi connectivity index (χ1v) is 6.97. The number of aromatic nitrogens is 1. The maximum atomic E-state index is 12.0. The molecule has 0 saturated heterocycles. The van der Waals surface area contributed by atoms with Crippen LogP contribution in [-0.2, 0) is 23.1 Å². The summed E-state index contributed by atoms with van der Waals surface area (Å²) in [7, 11) is 1.56. The third-order valence-corrected chi connectivity index (χ3v) is 4.24. The SMILES string of the molecule is COc1cccc(CC2(C(=O)O)CCc3ccccc32)n1. The molecule has 21 heavy (non-hydrogen) atoms. The van der Waals surface area contributed by atoms with Gasteiger partial charge in [0.15, 0.2) is 0 Å². The fourth-order valence-corrected chi connectivity index (χ4v) is 3.15. The number of pyridine rings is 1. The Morgan fingerprint density at radius 1 is 1.29 bits per heavy atom. The minimum absolute atomic E-state index is 0.385. The van der Waals surface area contributed by atoms with Gasteiger partial charge in [-0.1, -0.05) is 30.3 Å². The fourth-order valence-electron chi connectivity index (χ4n) is 3.15. The third-order valence-electron chi connectivity index (χ3n) is 4.24. The van der Waals surface area contributed by atoms with E-state index < -0.39 is 11.4 Å². The Hall–Kier alpha value is -2.36. The summed E-state index contributed by atoms with van der Waals surface area (Å²) in [5.41, 5.74) is 1.91. The number of carboxylic acids is 1. The van der Waals surface area contributed by atoms with Crippen molar-refractivity contribution in [3.05, 3.63) is 59.3 Å². The topological polar surface area (TPSA) is 59.4 Å². The first-order chi connectivity index (χ1) is 10.2. The van der Waals surface area contributed by atoms with Gasteiger partial charge in [0.25, 0.3) is 0 Å². The minimum atomic E-state index is -0.879. The van der Waals surface area contributed by atoms with Crippen LogP contribution in [0.2, 0.25) is 0 Å². The van der Waals surface area contributed by atoms with Crippen molar-refractivity contribution in [2.75, 3.05) is 7.11 Å². The van der Waals surface area contributed by atoms with Gasteiger partial charge in [-0.3, -0.25) is 4.79 Å². The third kappa shape index (κ3) is 2.27. The van der Waals surface area contributed by atoms with Gasteiger partial charge in [-0.05, 0) is 30.0 Å². The van der Waals surface area contributed by atoms with E-state index in [0.717, 1.165) is 23.2 Å². The molecule has 0 aliphatic heterocycles. The van der Waals surface area contributed by atoms with Gasteiger partial charge < -0.3 is 9.84 Å². The number of carbonyl (C=O) groups is 1. The summed E-state index contributed by atoms with van der Waals surface area (Å²) in [5.74, 6) is -0.267. The van der Waals surface area contributed by atoms with E-state index in [1.165, 1.54) is 0 Å². The molecule has 0 bridgehead atoms. The maximum Gasteiger partial charge on any atom is 0.314 e. The molecule has 1 heterocycles. The zero-order valence-electron chi connectivity index (χ0n) is 11.9. The van der Waals surface area contributed by atoms with Crippen LogP contribution in [0.3, 0.4) is 0 Å². The van der Waals surface area contributed by atoms with E-state index in [1.54, 1.807) is 13.2 Å². The maximum absolute atomic E-state index is 12.0. The lowest BCUT2D eigenvalue weighted by Crippen LogP contribution is -2.36. The molecule has 1 atom stereocenters. The van der Waals surface area contributed by atoms with E-state index in [2.05, 4.69) is 4.98 Å². The highest BCUT2D eigenvalue weighted by Gasteiger charge is 2.45. The van der Waals surface area contributed by atoms with Crippen LogP contribution in [0.1, 0.15) is 23.2 Å². The number of hydrogen-bond acceptors (Lipinski definition) is 3. The van der Waals surface area contributed by atoms with Crippen molar-refractivity contribution in [2.45, 2.75) is 24.7 Å². The molecular weight excluding hydrogens is 266 g/mol. The second kappa shape index (κ2) is 5.20. The number of hydrogen-bond donors (Lipinski definition) is 1. The Bertz CT molecular complexity index is 683. The summed E-state index contributed by atoms with van der Waals surface area (Å²) in [4.78, 5) is 16.4. The van der Waals surface area contributed by atoms with Crippen molar-refractivity contribution in [1.82, 2.24) is 4.98 Å². The molecule has 3 rings (SSSR count). The second-order valence-electron chi connectivity index (χ2n) is 5.39. The first kappa shape index (κ1) is 13.6. The summed E-state index contributed by atoms with van der Waals surface area (Å²) in [6.07, 6.45) is 1.80. The highest BCUT2D eigenvalue weighted by Crippen LogP contribution is 2.41. The average molecular weight is 283 g/mol. The number of nitrogens with zero attached hydrogens (tertiary/aromatic N) is 1. The van der Waals surface area contributed by atoms with Crippen LogP contribution in [0.5, 0.6) is 5.88 Å². The Kier molecular flexibility index (Phi) is 3.37. The molecule has 2 aromatic rings. The summed E-state index contributed by atoms with van der Waals surface area (Å²) in [6, 6.07) is 13.3. The van der Waals surface area contributed by atoms with Gasteiger partial charge in [0.05, 0.1) is 12.5 Å². The molecule has 0 spiro atoms. The predicted molar refractivity (Wildman–Crippen MR) is 78.6 cm³/mol. The van der Waals surface area contributed by atoms with Crippen LogP contribution in [0.4, 0.5) is 0 Å². The summed E-state index contributed by atoms with van der Waals surface area (Å²) in [6.45, 7) is 0. The van der Waals surface area contributed by atoms with E-state index in [-0.39, 0.29) is 0 Å². The van der Waals surface area contributed by atoms with Crippen molar-refractivity contribution in [1.29, 1.82) is 0 Å². The van der Waals surface area contributed by atoms with Gasteiger partial charge in [0.1, 0.15) is 0 Å². The number of ether oxygens (including phenoxy) is 1. The zero-order valence-corrected chi connectivity index (χ0v) is 11.9. The normalized spacial score (nSPS) is 20.0. The lowest BCUT2D eigenvalue weighted by Gasteiger charge is -2.25. The van der Waals surface area contributed by atoms with E-state index in [9.17, 15) is 9.90 Å². The molecule has 0 radical (unpaired) electrons. The standard InChI is InChI=1S/C17H17NO3/c1-21-15-8-4-6-13(18-15)11-17(16(19)20)10-9-12-5-2-3-7-14(12)17/h2-8H,9-11H2,1H3,(H,19,20). The molecule has 0 amide bonds. The van der Waals surface area contributed by atoms with Gasteiger partial charge in [-0.2, -0.15) is 0 Å². The van der Waals surface area contributed by atoms with E-state index in [0.29, 0.717) is 18.7 Å². The molecule has 1 aliphatic rings. The van der Waals surface area contributed by atoms with E-state index in [4.69, 9.17) is 4.74 Å². The summed E-state index contributed by atoms with van der Waals surface area (Å²) >= 11 is 0. The molecule has 1 aromatic carbocycles. The van der Waals surface area contributed by atoms with E-state index in [1.807, 2.05) is 36.4 Å². The molecule has 108 valence electrons. The van der Waals surface area contributed by atoms with Crippen molar-refractivity contribution in [2.24, 2.45) is 0 Å². The van der Waals surface area contributed by atoms with Crippen molar-refractivity contribution in [3.63, 3.8) is 0 Å². The molecule has 1 N–H and O–H groups in total. The number of carboxylic acid groups (broad SMARTS) is 1. The van der Waals surface area contributed by atoms with Crippen molar-refractivity contribution >= 4 is 5.97 Å². The molecule has 4 nitrogen and oxygen atoms in total. The molecule has 1 unspecified atom stereocenters. The van der Waals surface area contributed by atoms with Gasteiger partial charge in [-0.25, -0.2) is 4.98 Å². The van der Waals surface area contributed by atoms with Crippen LogP contribution >= 0.6 is 0 Å². The molecule has 0 saturated carbocycles. The number of methoxy groups -OCH3 is 1. The number of rotatable bonds is 4. The Balaban J connectivity index is 2.02. The Morgan fingerprint density at radius 2 is 2.10 bits per heavy atom. The number of benzene rings is 1. The monoisotopic (exact) mass is 283 g/mol. The van der Waals surface area contributed by atoms with Crippen molar-refractivity contribution in [3.8, 4) is 5.88 Å². The number of aliphatic carboxylic acids is 1. The molecular formula is C17H17NO3. The van der Waals surface area contributed by atoms with Crippen LogP contribution in [0.15, 0.2) is 42.5 Å². The van der Waals surface area contributed by atoms with E-state index >= 15 is 0 Å². The smallest absolute Gasteiger partial charge is 0.314 e. The zero-order chi connectivity index (χ0) is 14.9. The van der Waals surface area contributed by atoms with Crippen LogP contribution in [0.25, 0.3) is 0 Å². The molecule has 0 fully saturated rings. The van der Waals surface area contributed by atoms with Crippen LogP contribution in [0, 0.1) is 0 Å². The molecule has 4 heteroatoms. The lowest BCUT2D eigenvalue weighted by atomic mass is 9.78. The fraction of sp³-hybridized carbons (Fsp3) is 0.294. The quantitative estimate of drug-likeness (QED) is 0.937. The number of fused-ring (bicyclic) bond motifs is 1.